The average Bonchev–Trinajstić information content (AvgIpc) is 2.72. The minimum atomic E-state index is 0.767. The predicted molar refractivity (Wildman–Crippen MR) is 80.3 cm³/mol. The van der Waals surface area contributed by atoms with Crippen LogP contribution < -0.4 is 10.6 Å². The van der Waals surface area contributed by atoms with Crippen molar-refractivity contribution in [1.29, 1.82) is 0 Å². The largest absolute Gasteiger partial charge is 0.370 e. The lowest BCUT2D eigenvalue weighted by Gasteiger charge is -2.08. The summed E-state index contributed by atoms with van der Waals surface area (Å²) in [6.07, 6.45) is 0. The number of nitrogens with zero attached hydrogens (tertiary/aromatic N) is 2. The lowest BCUT2D eigenvalue weighted by molar-refractivity contribution is 1.02. The van der Waals surface area contributed by atoms with E-state index < -0.39 is 0 Å². The Kier molecular flexibility index (Phi) is 4.54. The van der Waals surface area contributed by atoms with E-state index in [0.29, 0.717) is 0 Å². The van der Waals surface area contributed by atoms with E-state index in [2.05, 4.69) is 48.0 Å². The molecule has 0 radical (unpaired) electrons. The zero-order valence-electron chi connectivity index (χ0n) is 10.3. The zero-order chi connectivity index (χ0) is 13.0. The molecule has 2 N–H and O–H groups in total. The van der Waals surface area contributed by atoms with Crippen LogP contribution in [0.2, 0.25) is 0 Å². The van der Waals surface area contributed by atoms with E-state index in [1.54, 1.807) is 11.3 Å². The van der Waals surface area contributed by atoms with Crippen molar-refractivity contribution in [3.63, 3.8) is 0 Å². The Balaban J connectivity index is 2.04. The molecule has 0 aliphatic heterocycles. The summed E-state index contributed by atoms with van der Waals surface area (Å²) in [6.45, 7) is 5.58. The predicted octanol–water partition coefficient (Wildman–Crippen LogP) is 3.65. The number of thiophene rings is 1. The number of anilines is 2. The molecule has 0 unspecified atom stereocenters. The number of aryl methyl sites for hydroxylation is 1. The topological polar surface area (TPSA) is 49.8 Å². The van der Waals surface area contributed by atoms with Gasteiger partial charge in [0.15, 0.2) is 0 Å². The summed E-state index contributed by atoms with van der Waals surface area (Å²) >= 11 is 5.17. The second-order valence-corrected chi connectivity index (χ2v) is 5.71. The van der Waals surface area contributed by atoms with Gasteiger partial charge in [0.1, 0.15) is 17.5 Å². The van der Waals surface area contributed by atoms with Crippen LogP contribution in [0.15, 0.2) is 22.0 Å². The molecule has 18 heavy (non-hydrogen) atoms. The van der Waals surface area contributed by atoms with Crippen molar-refractivity contribution in [3.8, 4) is 0 Å². The Morgan fingerprint density at radius 1 is 1.22 bits per heavy atom. The van der Waals surface area contributed by atoms with Crippen molar-refractivity contribution in [2.45, 2.75) is 20.4 Å². The third-order valence-electron chi connectivity index (χ3n) is 2.26. The second-order valence-electron chi connectivity index (χ2n) is 3.80. The molecule has 0 aliphatic carbocycles. The highest BCUT2D eigenvalue weighted by Gasteiger charge is 2.02. The van der Waals surface area contributed by atoms with Crippen LogP contribution in [0.25, 0.3) is 0 Å². The number of hydrogen-bond acceptors (Lipinski definition) is 5. The molecule has 4 nitrogen and oxygen atoms in total. The maximum Gasteiger partial charge on any atom is 0.132 e. The van der Waals surface area contributed by atoms with Crippen molar-refractivity contribution in [3.05, 3.63) is 32.7 Å². The number of aromatic nitrogens is 2. The highest BCUT2D eigenvalue weighted by atomic mass is 79.9. The average molecular weight is 327 g/mol. The highest BCUT2D eigenvalue weighted by molar-refractivity contribution is 9.10. The van der Waals surface area contributed by atoms with Crippen LogP contribution in [0.1, 0.15) is 17.6 Å². The van der Waals surface area contributed by atoms with Gasteiger partial charge in [-0.25, -0.2) is 9.97 Å². The van der Waals surface area contributed by atoms with Crippen LogP contribution in [-0.4, -0.2) is 16.5 Å². The first kappa shape index (κ1) is 13.3. The van der Waals surface area contributed by atoms with Crippen LogP contribution in [0.5, 0.6) is 0 Å². The van der Waals surface area contributed by atoms with E-state index in [1.165, 1.54) is 4.88 Å². The van der Waals surface area contributed by atoms with E-state index in [-0.39, 0.29) is 0 Å². The lowest BCUT2D eigenvalue weighted by Crippen LogP contribution is -2.06. The summed E-state index contributed by atoms with van der Waals surface area (Å²) in [5.41, 5.74) is 0. The first-order chi connectivity index (χ1) is 8.67. The fourth-order valence-corrected chi connectivity index (χ4v) is 2.94. The maximum atomic E-state index is 4.37. The summed E-state index contributed by atoms with van der Waals surface area (Å²) in [5, 5.41) is 8.58. The zero-order valence-corrected chi connectivity index (χ0v) is 12.7. The summed E-state index contributed by atoms with van der Waals surface area (Å²) in [6, 6.07) is 4.04. The normalized spacial score (nSPS) is 10.4. The van der Waals surface area contributed by atoms with Gasteiger partial charge in [-0.3, -0.25) is 0 Å². The fraction of sp³-hybridized carbons (Fsp3) is 0.333. The lowest BCUT2D eigenvalue weighted by atomic mass is 10.4. The van der Waals surface area contributed by atoms with E-state index in [4.69, 9.17) is 0 Å². The third kappa shape index (κ3) is 3.68. The standard InChI is InChI=1S/C12H15BrN4S/c1-3-14-11-5-12(17-8(2)16-11)15-6-10-4-9(13)7-18-10/h4-5,7H,3,6H2,1-2H3,(H2,14,15,16,17). The van der Waals surface area contributed by atoms with Gasteiger partial charge in [-0.05, 0) is 35.8 Å². The molecule has 2 rings (SSSR count). The molecule has 0 fully saturated rings. The van der Waals surface area contributed by atoms with E-state index >= 15 is 0 Å². The molecular weight excluding hydrogens is 312 g/mol. The van der Waals surface area contributed by atoms with Gasteiger partial charge in [-0.2, -0.15) is 0 Å². The van der Waals surface area contributed by atoms with Crippen LogP contribution in [0, 0.1) is 6.92 Å². The van der Waals surface area contributed by atoms with Crippen LogP contribution >= 0.6 is 27.3 Å². The summed E-state index contributed by atoms with van der Waals surface area (Å²) in [5.74, 6) is 2.48. The van der Waals surface area contributed by atoms with Gasteiger partial charge >= 0.3 is 0 Å². The summed E-state index contributed by atoms with van der Waals surface area (Å²) in [7, 11) is 0. The van der Waals surface area contributed by atoms with Crippen LogP contribution in [0.4, 0.5) is 11.6 Å². The molecular formula is C12H15BrN4S. The Labute approximate surface area is 119 Å². The SMILES string of the molecule is CCNc1cc(NCc2cc(Br)cs2)nc(C)n1. The molecule has 96 valence electrons. The molecule has 0 amide bonds. The monoisotopic (exact) mass is 326 g/mol. The molecule has 0 saturated heterocycles. The fourth-order valence-electron chi connectivity index (χ4n) is 1.55. The maximum absolute atomic E-state index is 4.37. The molecule has 2 aromatic rings. The summed E-state index contributed by atoms with van der Waals surface area (Å²) in [4.78, 5) is 9.95. The molecule has 2 heterocycles. The first-order valence-corrected chi connectivity index (χ1v) is 7.41. The van der Waals surface area contributed by atoms with Gasteiger partial charge in [-0.15, -0.1) is 11.3 Å². The van der Waals surface area contributed by atoms with Crippen molar-refractivity contribution in [1.82, 2.24) is 9.97 Å². The minimum Gasteiger partial charge on any atom is -0.370 e. The van der Waals surface area contributed by atoms with Gasteiger partial charge in [0.2, 0.25) is 0 Å². The second kappa shape index (κ2) is 6.15. The van der Waals surface area contributed by atoms with E-state index in [1.807, 2.05) is 19.9 Å². The number of hydrogen-bond donors (Lipinski definition) is 2. The van der Waals surface area contributed by atoms with E-state index in [9.17, 15) is 0 Å². The minimum absolute atomic E-state index is 0.767. The first-order valence-electron chi connectivity index (χ1n) is 5.73. The molecule has 2 aromatic heterocycles. The number of halogens is 1. The van der Waals surface area contributed by atoms with Gasteiger partial charge < -0.3 is 10.6 Å². The van der Waals surface area contributed by atoms with E-state index in [0.717, 1.165) is 35.0 Å². The number of nitrogens with one attached hydrogen (secondary N) is 2. The van der Waals surface area contributed by atoms with Crippen LogP contribution in [-0.2, 0) is 6.54 Å². The van der Waals surface area contributed by atoms with Crippen molar-refractivity contribution in [2.75, 3.05) is 17.2 Å². The van der Waals surface area contributed by atoms with Gasteiger partial charge in [-0.1, -0.05) is 0 Å². The molecule has 0 atom stereocenters. The summed E-state index contributed by atoms with van der Waals surface area (Å²) < 4.78 is 1.12. The Hall–Kier alpha value is -1.14. The van der Waals surface area contributed by atoms with Crippen LogP contribution in [0.3, 0.4) is 0 Å². The molecule has 0 spiro atoms. The smallest absolute Gasteiger partial charge is 0.132 e. The van der Waals surface area contributed by atoms with Crippen molar-refractivity contribution >= 4 is 38.9 Å². The Morgan fingerprint density at radius 3 is 2.56 bits per heavy atom. The van der Waals surface area contributed by atoms with Gasteiger partial charge in [0.25, 0.3) is 0 Å². The van der Waals surface area contributed by atoms with Gasteiger partial charge in [0.05, 0.1) is 6.54 Å². The molecule has 0 aromatic carbocycles. The quantitative estimate of drug-likeness (QED) is 0.880. The molecule has 6 heteroatoms. The highest BCUT2D eigenvalue weighted by Crippen LogP contribution is 2.21. The molecule has 0 aliphatic rings. The number of rotatable bonds is 5. The molecule has 0 bridgehead atoms. The molecule has 0 saturated carbocycles. The van der Waals surface area contributed by atoms with Crippen molar-refractivity contribution < 1.29 is 0 Å². The van der Waals surface area contributed by atoms with Crippen molar-refractivity contribution in [2.24, 2.45) is 0 Å². The van der Waals surface area contributed by atoms with Gasteiger partial charge in [0, 0.05) is 27.3 Å². The Bertz CT molecular complexity index is 527. The Morgan fingerprint density at radius 2 is 1.94 bits per heavy atom. The third-order valence-corrected chi connectivity index (χ3v) is 3.96.